The highest BCUT2D eigenvalue weighted by molar-refractivity contribution is 5.26. The first-order valence-corrected chi connectivity index (χ1v) is 10.0. The van der Waals surface area contributed by atoms with Crippen LogP contribution >= 0.6 is 0 Å². The van der Waals surface area contributed by atoms with E-state index in [2.05, 4.69) is 45.0 Å². The largest absolute Gasteiger partial charge is 1.00 e. The zero-order chi connectivity index (χ0) is 18.2. The van der Waals surface area contributed by atoms with Crippen molar-refractivity contribution >= 4 is 0 Å². The van der Waals surface area contributed by atoms with Gasteiger partial charge in [-0.15, -0.1) is 0 Å². The number of benzene rings is 1. The van der Waals surface area contributed by atoms with Crippen molar-refractivity contribution in [3.8, 4) is 11.8 Å². The van der Waals surface area contributed by atoms with Crippen LogP contribution in [0.3, 0.4) is 0 Å². The zero-order valence-corrected chi connectivity index (χ0v) is 19.0. The summed E-state index contributed by atoms with van der Waals surface area (Å²) < 4.78 is 0.939. The summed E-state index contributed by atoms with van der Waals surface area (Å²) in [6.07, 6.45) is 9.01. The summed E-state index contributed by atoms with van der Waals surface area (Å²) in [5.41, 5.74) is 0.242. The second-order valence-corrected chi connectivity index (χ2v) is 8.33. The van der Waals surface area contributed by atoms with Crippen molar-refractivity contribution in [1.82, 2.24) is 0 Å². The van der Waals surface area contributed by atoms with Crippen molar-refractivity contribution in [3.63, 3.8) is 0 Å². The van der Waals surface area contributed by atoms with E-state index in [1.165, 1.54) is 32.1 Å². The van der Waals surface area contributed by atoms with Gasteiger partial charge in [-0.25, -0.2) is 0 Å². The van der Waals surface area contributed by atoms with E-state index in [9.17, 15) is 5.11 Å². The Balaban J connectivity index is 0.00000338. The molecule has 2 rings (SSSR count). The van der Waals surface area contributed by atoms with Crippen LogP contribution in [0.5, 0.6) is 0 Å². The molecule has 1 fully saturated rings. The van der Waals surface area contributed by atoms with Crippen molar-refractivity contribution in [1.29, 1.82) is 0 Å². The molecule has 0 bridgehead atoms. The van der Waals surface area contributed by atoms with Gasteiger partial charge in [-0.05, 0) is 36.7 Å². The molecule has 1 aliphatic rings. The van der Waals surface area contributed by atoms with E-state index < -0.39 is 5.60 Å². The number of nitrogens with zero attached hydrogens (tertiary/aromatic N) is 1. The van der Waals surface area contributed by atoms with Crippen LogP contribution in [0, 0.1) is 17.8 Å². The number of rotatable bonds is 7. The van der Waals surface area contributed by atoms with Gasteiger partial charge < -0.3 is 33.6 Å². The quantitative estimate of drug-likeness (QED) is 0.367. The van der Waals surface area contributed by atoms with Crippen LogP contribution in [0.15, 0.2) is 30.3 Å². The molecule has 0 aromatic heterocycles. The van der Waals surface area contributed by atoms with E-state index in [-0.39, 0.29) is 24.0 Å². The predicted octanol–water partition coefficient (Wildman–Crippen LogP) is 1.73. The van der Waals surface area contributed by atoms with E-state index in [0.29, 0.717) is 12.3 Å². The molecule has 1 saturated carbocycles. The van der Waals surface area contributed by atoms with Crippen molar-refractivity contribution < 1.29 is 33.6 Å². The number of unbranched alkanes of at least 4 members (excludes halogenated alkanes) is 1. The van der Waals surface area contributed by atoms with Crippen LogP contribution in [0.1, 0.15) is 63.9 Å². The maximum absolute atomic E-state index is 11.6. The summed E-state index contributed by atoms with van der Waals surface area (Å²) in [6, 6.07) is 10.2. The highest BCUT2D eigenvalue weighted by Gasteiger charge is 2.38. The average molecular weight is 469 g/mol. The fourth-order valence-corrected chi connectivity index (χ4v) is 3.92. The molecule has 1 unspecified atom stereocenters. The Morgan fingerprint density at radius 2 is 1.73 bits per heavy atom. The zero-order valence-electron chi connectivity index (χ0n) is 16.8. The molecule has 1 N–H and O–H groups in total. The fraction of sp³-hybridized carbons (Fsp3) is 0.652. The number of quaternary nitrogens is 1. The van der Waals surface area contributed by atoms with E-state index >= 15 is 0 Å². The van der Waals surface area contributed by atoms with Gasteiger partial charge in [0.1, 0.15) is 12.1 Å². The second kappa shape index (κ2) is 11.3. The van der Waals surface area contributed by atoms with Crippen LogP contribution in [0.2, 0.25) is 0 Å². The van der Waals surface area contributed by atoms with Gasteiger partial charge in [0, 0.05) is 6.42 Å². The highest BCUT2D eigenvalue weighted by Crippen LogP contribution is 2.41. The fourth-order valence-electron chi connectivity index (χ4n) is 3.92. The molecule has 0 amide bonds. The third kappa shape index (κ3) is 6.87. The number of halogens is 1. The molecular weight excluding hydrogens is 433 g/mol. The number of hydrogen-bond donors (Lipinski definition) is 1. The third-order valence-corrected chi connectivity index (χ3v) is 5.66. The van der Waals surface area contributed by atoms with Gasteiger partial charge >= 0.3 is 0 Å². The second-order valence-electron chi connectivity index (χ2n) is 8.33. The van der Waals surface area contributed by atoms with Crippen LogP contribution < -0.4 is 24.0 Å². The van der Waals surface area contributed by atoms with E-state index in [0.717, 1.165) is 36.0 Å². The molecule has 0 aliphatic heterocycles. The molecule has 1 atom stereocenters. The average Bonchev–Trinajstić information content (AvgIpc) is 2.65. The van der Waals surface area contributed by atoms with Gasteiger partial charge in [-0.1, -0.05) is 68.9 Å². The lowest BCUT2D eigenvalue weighted by Crippen LogP contribution is -3.00. The number of hydrogen-bond acceptors (Lipinski definition) is 1. The molecular formula is C23H36INO. The van der Waals surface area contributed by atoms with Gasteiger partial charge in [-0.2, -0.15) is 0 Å². The summed E-state index contributed by atoms with van der Waals surface area (Å²) in [5.74, 6) is 7.03. The van der Waals surface area contributed by atoms with Gasteiger partial charge in [0.05, 0.1) is 20.6 Å². The first-order chi connectivity index (χ1) is 12.0. The smallest absolute Gasteiger partial charge is 0.140 e. The maximum atomic E-state index is 11.6. The third-order valence-electron chi connectivity index (χ3n) is 5.66. The topological polar surface area (TPSA) is 20.2 Å². The first kappa shape index (κ1) is 23.5. The minimum absolute atomic E-state index is 0. The minimum Gasteiger partial charge on any atom is -1.00 e. The molecule has 146 valence electrons. The van der Waals surface area contributed by atoms with E-state index in [1.807, 2.05) is 18.2 Å². The highest BCUT2D eigenvalue weighted by atomic mass is 127. The standard InChI is InChI=1S/C23H36NO.HI/c1-4-5-19-24(2,3)20-13-12-18-23(25,21-14-8-6-9-15-21)22-16-10-7-11-17-22;/h6,8-9,14-15,22,25H,4-5,7,10-11,16-20H2,1-3H3;1H/q+1;/p-1. The Kier molecular flexibility index (Phi) is 10.2. The van der Waals surface area contributed by atoms with Crippen LogP contribution in [-0.4, -0.2) is 36.8 Å². The van der Waals surface area contributed by atoms with Crippen LogP contribution in [0.4, 0.5) is 0 Å². The van der Waals surface area contributed by atoms with Gasteiger partial charge in [0.15, 0.2) is 0 Å². The van der Waals surface area contributed by atoms with Gasteiger partial charge in [0.2, 0.25) is 0 Å². The van der Waals surface area contributed by atoms with Crippen molar-refractivity contribution in [2.24, 2.45) is 5.92 Å². The van der Waals surface area contributed by atoms with E-state index in [4.69, 9.17) is 0 Å². The molecule has 1 aromatic carbocycles. The lowest BCUT2D eigenvalue weighted by molar-refractivity contribution is -0.883. The molecule has 0 spiro atoms. The van der Waals surface area contributed by atoms with Crippen LogP contribution in [-0.2, 0) is 5.60 Å². The summed E-state index contributed by atoms with van der Waals surface area (Å²) in [5, 5.41) is 11.6. The summed E-state index contributed by atoms with van der Waals surface area (Å²) in [7, 11) is 4.49. The Morgan fingerprint density at radius 1 is 1.08 bits per heavy atom. The molecule has 0 saturated heterocycles. The first-order valence-electron chi connectivity index (χ1n) is 10.0. The molecule has 2 nitrogen and oxygen atoms in total. The number of aliphatic hydroxyl groups is 1. The summed E-state index contributed by atoms with van der Waals surface area (Å²) in [4.78, 5) is 0. The Labute approximate surface area is 178 Å². The maximum Gasteiger partial charge on any atom is 0.140 e. The van der Waals surface area contributed by atoms with E-state index in [1.54, 1.807) is 0 Å². The Bertz CT molecular complexity index is 569. The van der Waals surface area contributed by atoms with Crippen molar-refractivity contribution in [2.45, 2.75) is 63.9 Å². The van der Waals surface area contributed by atoms with Gasteiger partial charge in [0.25, 0.3) is 0 Å². The molecule has 26 heavy (non-hydrogen) atoms. The van der Waals surface area contributed by atoms with Gasteiger partial charge in [-0.3, -0.25) is 0 Å². The predicted molar refractivity (Wildman–Crippen MR) is 106 cm³/mol. The normalized spacial score (nSPS) is 17.5. The van der Waals surface area contributed by atoms with Crippen LogP contribution in [0.25, 0.3) is 0 Å². The molecule has 1 aliphatic carbocycles. The Hall–Kier alpha value is -0.570. The minimum atomic E-state index is -0.796. The van der Waals surface area contributed by atoms with Crippen molar-refractivity contribution in [2.75, 3.05) is 27.2 Å². The molecule has 0 heterocycles. The SMILES string of the molecule is CCCC[N+](C)(C)CC#CCC(O)(c1ccccc1)C1CCCCC1.[I-]. The van der Waals surface area contributed by atoms with Crippen molar-refractivity contribution in [3.05, 3.63) is 35.9 Å². The molecule has 3 heteroatoms. The Morgan fingerprint density at radius 3 is 2.35 bits per heavy atom. The molecule has 0 radical (unpaired) electrons. The lowest BCUT2D eigenvalue weighted by atomic mass is 9.72. The lowest BCUT2D eigenvalue weighted by Gasteiger charge is -2.38. The molecule has 1 aromatic rings. The summed E-state index contributed by atoms with van der Waals surface area (Å²) in [6.45, 7) is 4.25. The summed E-state index contributed by atoms with van der Waals surface area (Å²) >= 11 is 0. The monoisotopic (exact) mass is 469 g/mol.